The van der Waals surface area contributed by atoms with Gasteiger partial charge in [-0.2, -0.15) is 8.78 Å². The molecule has 19 heavy (non-hydrogen) atoms. The maximum Gasteiger partial charge on any atom is 0.387 e. The minimum absolute atomic E-state index is 0.0603. The molecule has 0 fully saturated rings. The van der Waals surface area contributed by atoms with Gasteiger partial charge in [-0.15, -0.1) is 0 Å². The zero-order valence-electron chi connectivity index (χ0n) is 11.0. The van der Waals surface area contributed by atoms with E-state index < -0.39 is 6.61 Å². The average Bonchev–Trinajstić information content (AvgIpc) is 2.37. The number of amides is 1. The fourth-order valence-corrected chi connectivity index (χ4v) is 1.42. The Bertz CT molecular complexity index is 396. The van der Waals surface area contributed by atoms with Crippen LogP contribution in [0, 0.1) is 0 Å². The first-order chi connectivity index (χ1) is 9.02. The number of nitrogens with one attached hydrogen (secondary N) is 2. The van der Waals surface area contributed by atoms with E-state index in [-0.39, 0.29) is 17.7 Å². The number of hydrogen-bond donors (Lipinski definition) is 2. The van der Waals surface area contributed by atoms with Crippen LogP contribution in [0.15, 0.2) is 24.3 Å². The summed E-state index contributed by atoms with van der Waals surface area (Å²) < 4.78 is 28.1. The molecule has 106 valence electrons. The van der Waals surface area contributed by atoms with E-state index in [1.54, 1.807) is 6.92 Å². The molecule has 0 aromatic heterocycles. The molecule has 0 aliphatic rings. The summed E-state index contributed by atoms with van der Waals surface area (Å²) >= 11 is 0. The van der Waals surface area contributed by atoms with Crippen LogP contribution in [0.5, 0.6) is 5.75 Å². The molecule has 0 bridgehead atoms. The number of anilines is 1. The monoisotopic (exact) mass is 272 g/mol. The zero-order chi connectivity index (χ0) is 14.3. The van der Waals surface area contributed by atoms with E-state index in [1.165, 1.54) is 24.3 Å². The van der Waals surface area contributed by atoms with Crippen molar-refractivity contribution >= 4 is 11.6 Å². The third kappa shape index (κ3) is 5.65. The molecular weight excluding hydrogens is 254 g/mol. The predicted octanol–water partition coefficient (Wildman–Crippen LogP) is 2.61. The number of benzene rings is 1. The summed E-state index contributed by atoms with van der Waals surface area (Å²) in [6.07, 6.45) is 0.942. The lowest BCUT2D eigenvalue weighted by Crippen LogP contribution is -2.38. The second kappa shape index (κ2) is 7.68. The summed E-state index contributed by atoms with van der Waals surface area (Å²) in [6, 6.07) is 5.49. The Morgan fingerprint density at radius 1 is 1.32 bits per heavy atom. The van der Waals surface area contributed by atoms with E-state index in [2.05, 4.69) is 15.4 Å². The lowest BCUT2D eigenvalue weighted by atomic mass is 10.2. The second-order valence-electron chi connectivity index (χ2n) is 4.07. The minimum Gasteiger partial charge on any atom is -0.435 e. The van der Waals surface area contributed by atoms with Crippen molar-refractivity contribution in [3.63, 3.8) is 0 Å². The molecule has 0 saturated heterocycles. The lowest BCUT2D eigenvalue weighted by molar-refractivity contribution is -0.117. The van der Waals surface area contributed by atoms with Crippen molar-refractivity contribution < 1.29 is 18.3 Å². The van der Waals surface area contributed by atoms with Gasteiger partial charge in [-0.1, -0.05) is 6.92 Å². The van der Waals surface area contributed by atoms with Crippen molar-refractivity contribution in [2.45, 2.75) is 32.9 Å². The van der Waals surface area contributed by atoms with Crippen LogP contribution in [0.4, 0.5) is 14.5 Å². The number of carbonyl (C=O) groups is 1. The largest absolute Gasteiger partial charge is 0.435 e. The van der Waals surface area contributed by atoms with Crippen LogP contribution in [-0.4, -0.2) is 25.1 Å². The van der Waals surface area contributed by atoms with Crippen molar-refractivity contribution in [3.8, 4) is 5.75 Å². The molecule has 6 heteroatoms. The van der Waals surface area contributed by atoms with Crippen molar-refractivity contribution in [1.82, 2.24) is 5.32 Å². The van der Waals surface area contributed by atoms with Crippen molar-refractivity contribution in [1.29, 1.82) is 0 Å². The van der Waals surface area contributed by atoms with Gasteiger partial charge in [0.15, 0.2) is 0 Å². The maximum absolute atomic E-state index is 12.0. The summed E-state index contributed by atoms with van der Waals surface area (Å²) in [5.41, 5.74) is 0.539. The summed E-state index contributed by atoms with van der Waals surface area (Å²) in [6.45, 7) is 1.69. The number of ether oxygens (including phenoxy) is 1. The van der Waals surface area contributed by atoms with Gasteiger partial charge < -0.3 is 15.4 Å². The molecule has 1 aromatic carbocycles. The van der Waals surface area contributed by atoms with Crippen LogP contribution in [-0.2, 0) is 4.79 Å². The fraction of sp³-hybridized carbons (Fsp3) is 0.462. The summed E-state index contributed by atoms with van der Waals surface area (Å²) in [7, 11) is 0. The Kier molecular flexibility index (Phi) is 6.21. The molecule has 0 heterocycles. The van der Waals surface area contributed by atoms with E-state index in [1.807, 2.05) is 6.92 Å². The Labute approximate surface area is 111 Å². The second-order valence-corrected chi connectivity index (χ2v) is 4.07. The highest BCUT2D eigenvalue weighted by atomic mass is 19.3. The first-order valence-electron chi connectivity index (χ1n) is 6.12. The molecule has 1 aromatic rings. The smallest absolute Gasteiger partial charge is 0.387 e. The van der Waals surface area contributed by atoms with Gasteiger partial charge in [-0.05, 0) is 44.2 Å². The molecule has 0 radical (unpaired) electrons. The topological polar surface area (TPSA) is 50.4 Å². The van der Waals surface area contributed by atoms with Crippen molar-refractivity contribution in [2.24, 2.45) is 0 Å². The van der Waals surface area contributed by atoms with Crippen LogP contribution in [0.2, 0.25) is 0 Å². The van der Waals surface area contributed by atoms with Gasteiger partial charge in [0.05, 0.1) is 6.04 Å². The van der Waals surface area contributed by atoms with E-state index in [0.29, 0.717) is 5.69 Å². The predicted molar refractivity (Wildman–Crippen MR) is 69.5 cm³/mol. The number of rotatable bonds is 7. The normalized spacial score (nSPS) is 12.3. The third-order valence-electron chi connectivity index (χ3n) is 2.44. The van der Waals surface area contributed by atoms with Crippen molar-refractivity contribution in [2.75, 3.05) is 11.9 Å². The van der Waals surface area contributed by atoms with Crippen LogP contribution in [0.3, 0.4) is 0 Å². The SMILES string of the molecule is CCCNC(C)C(=O)Nc1ccc(OC(F)F)cc1. The summed E-state index contributed by atoms with van der Waals surface area (Å²) in [4.78, 5) is 11.8. The Balaban J connectivity index is 2.50. The Morgan fingerprint density at radius 2 is 1.95 bits per heavy atom. The van der Waals surface area contributed by atoms with Gasteiger partial charge in [0.1, 0.15) is 5.75 Å². The molecule has 1 amide bonds. The van der Waals surface area contributed by atoms with Gasteiger partial charge in [0.2, 0.25) is 5.91 Å². The van der Waals surface area contributed by atoms with E-state index in [9.17, 15) is 13.6 Å². The summed E-state index contributed by atoms with van der Waals surface area (Å²) in [5, 5.41) is 5.74. The molecule has 1 rings (SSSR count). The Hall–Kier alpha value is -1.69. The van der Waals surface area contributed by atoms with E-state index >= 15 is 0 Å². The first-order valence-corrected chi connectivity index (χ1v) is 6.12. The average molecular weight is 272 g/mol. The Morgan fingerprint density at radius 3 is 2.47 bits per heavy atom. The fourth-order valence-electron chi connectivity index (χ4n) is 1.42. The highest BCUT2D eigenvalue weighted by Gasteiger charge is 2.11. The molecule has 0 saturated carbocycles. The number of carbonyl (C=O) groups excluding carboxylic acids is 1. The minimum atomic E-state index is -2.85. The van der Waals surface area contributed by atoms with E-state index in [0.717, 1.165) is 13.0 Å². The number of hydrogen-bond acceptors (Lipinski definition) is 3. The third-order valence-corrected chi connectivity index (χ3v) is 2.44. The highest BCUT2D eigenvalue weighted by Crippen LogP contribution is 2.17. The van der Waals surface area contributed by atoms with Gasteiger partial charge in [0.25, 0.3) is 0 Å². The van der Waals surface area contributed by atoms with Gasteiger partial charge in [0, 0.05) is 5.69 Å². The van der Waals surface area contributed by atoms with Crippen LogP contribution in [0.1, 0.15) is 20.3 Å². The van der Waals surface area contributed by atoms with Gasteiger partial charge >= 0.3 is 6.61 Å². The molecule has 2 N–H and O–H groups in total. The van der Waals surface area contributed by atoms with Gasteiger partial charge in [-0.3, -0.25) is 4.79 Å². The molecule has 0 spiro atoms. The maximum atomic E-state index is 12.0. The number of halogens is 2. The molecular formula is C13H18F2N2O2. The van der Waals surface area contributed by atoms with Gasteiger partial charge in [-0.25, -0.2) is 0 Å². The molecule has 0 aliphatic carbocycles. The highest BCUT2D eigenvalue weighted by molar-refractivity contribution is 5.94. The quantitative estimate of drug-likeness (QED) is 0.802. The van der Waals surface area contributed by atoms with Crippen LogP contribution >= 0.6 is 0 Å². The zero-order valence-corrected chi connectivity index (χ0v) is 11.0. The molecule has 0 aliphatic heterocycles. The first kappa shape index (κ1) is 15.4. The molecule has 1 unspecified atom stereocenters. The lowest BCUT2D eigenvalue weighted by Gasteiger charge is -2.13. The molecule has 1 atom stereocenters. The standard InChI is InChI=1S/C13H18F2N2O2/c1-3-8-16-9(2)12(18)17-10-4-6-11(7-5-10)19-13(14)15/h4-7,9,13,16H,3,8H2,1-2H3,(H,17,18). The number of alkyl halides is 2. The van der Waals surface area contributed by atoms with Crippen molar-refractivity contribution in [3.05, 3.63) is 24.3 Å². The molecule has 4 nitrogen and oxygen atoms in total. The van der Waals surface area contributed by atoms with Crippen LogP contribution < -0.4 is 15.4 Å². The van der Waals surface area contributed by atoms with E-state index in [4.69, 9.17) is 0 Å². The van der Waals surface area contributed by atoms with Crippen LogP contribution in [0.25, 0.3) is 0 Å². The summed E-state index contributed by atoms with van der Waals surface area (Å²) in [5.74, 6) is -0.110.